The van der Waals surface area contributed by atoms with Crippen LogP contribution in [0.4, 0.5) is 0 Å². The van der Waals surface area contributed by atoms with Crippen LogP contribution in [0.3, 0.4) is 0 Å². The lowest BCUT2D eigenvalue weighted by atomic mass is 9.94. The summed E-state index contributed by atoms with van der Waals surface area (Å²) in [4.78, 5) is 2.56. The van der Waals surface area contributed by atoms with Crippen LogP contribution < -0.4 is 10.1 Å². The van der Waals surface area contributed by atoms with Gasteiger partial charge >= 0.3 is 0 Å². The molecule has 138 valence electrons. The molecule has 0 spiro atoms. The topological polar surface area (TPSA) is 24.5 Å². The van der Waals surface area contributed by atoms with Gasteiger partial charge in [-0.15, -0.1) is 0 Å². The molecule has 3 heteroatoms. The molecule has 1 N–H and O–H groups in total. The zero-order chi connectivity index (χ0) is 18.5. The van der Waals surface area contributed by atoms with Crippen molar-refractivity contribution < 1.29 is 4.74 Å². The second-order valence-electron chi connectivity index (χ2n) is 6.95. The minimum Gasteiger partial charge on any atom is -0.497 e. The molecule has 1 heterocycles. The minimum atomic E-state index is 0.243. The molecular formula is C24H26N2O. The lowest BCUT2D eigenvalue weighted by Gasteiger charge is -2.35. The van der Waals surface area contributed by atoms with Gasteiger partial charge in [-0.05, 0) is 34.4 Å². The first-order valence-electron chi connectivity index (χ1n) is 9.59. The summed E-state index contributed by atoms with van der Waals surface area (Å²) in [5, 5.41) is 3.46. The van der Waals surface area contributed by atoms with Crippen molar-refractivity contribution in [3.63, 3.8) is 0 Å². The second kappa shape index (κ2) is 8.38. The Morgan fingerprint density at radius 1 is 0.778 bits per heavy atom. The van der Waals surface area contributed by atoms with Crippen molar-refractivity contribution in [2.24, 2.45) is 0 Å². The molecule has 4 rings (SSSR count). The highest BCUT2D eigenvalue weighted by molar-refractivity contribution is 5.63. The summed E-state index contributed by atoms with van der Waals surface area (Å²) in [7, 11) is 1.73. The van der Waals surface area contributed by atoms with Crippen molar-refractivity contribution in [3.8, 4) is 16.9 Å². The molecule has 1 aliphatic rings. The number of benzene rings is 3. The van der Waals surface area contributed by atoms with Gasteiger partial charge in [0.05, 0.1) is 13.2 Å². The number of hydrogen-bond acceptors (Lipinski definition) is 3. The molecule has 1 saturated heterocycles. The predicted octanol–water partition coefficient (Wildman–Crippen LogP) is 4.36. The highest BCUT2D eigenvalue weighted by Crippen LogP contribution is 2.32. The third-order valence-corrected chi connectivity index (χ3v) is 5.26. The van der Waals surface area contributed by atoms with Crippen LogP contribution in [0, 0.1) is 0 Å². The average molecular weight is 358 g/mol. The fraction of sp³-hybridized carbons (Fsp3) is 0.250. The minimum absolute atomic E-state index is 0.243. The molecule has 3 aromatic rings. The summed E-state index contributed by atoms with van der Waals surface area (Å²) in [6, 6.07) is 28.3. The van der Waals surface area contributed by atoms with Gasteiger partial charge in [-0.3, -0.25) is 4.90 Å². The van der Waals surface area contributed by atoms with Crippen molar-refractivity contribution in [3.05, 3.63) is 90.0 Å². The van der Waals surface area contributed by atoms with E-state index in [0.29, 0.717) is 0 Å². The molecule has 0 radical (unpaired) electrons. The maximum Gasteiger partial charge on any atom is 0.119 e. The molecule has 0 amide bonds. The van der Waals surface area contributed by atoms with E-state index in [0.717, 1.165) is 31.9 Å². The van der Waals surface area contributed by atoms with Crippen LogP contribution in [-0.2, 0) is 0 Å². The molecule has 0 aromatic heterocycles. The van der Waals surface area contributed by atoms with E-state index >= 15 is 0 Å². The van der Waals surface area contributed by atoms with Crippen molar-refractivity contribution >= 4 is 0 Å². The Bertz CT molecular complexity index is 855. The van der Waals surface area contributed by atoms with Crippen LogP contribution in [0.5, 0.6) is 5.75 Å². The summed E-state index contributed by atoms with van der Waals surface area (Å²) in [6.45, 7) is 4.15. The van der Waals surface area contributed by atoms with Gasteiger partial charge in [-0.25, -0.2) is 0 Å². The lowest BCUT2D eigenvalue weighted by Crippen LogP contribution is -2.45. The van der Waals surface area contributed by atoms with Crippen molar-refractivity contribution in [2.75, 3.05) is 33.3 Å². The Hall–Kier alpha value is -2.62. The number of nitrogens with zero attached hydrogens (tertiary/aromatic N) is 1. The zero-order valence-corrected chi connectivity index (χ0v) is 15.8. The van der Waals surface area contributed by atoms with Gasteiger partial charge < -0.3 is 10.1 Å². The average Bonchev–Trinajstić information content (AvgIpc) is 2.76. The summed E-state index contributed by atoms with van der Waals surface area (Å²) < 4.78 is 5.47. The van der Waals surface area contributed by atoms with Gasteiger partial charge in [0, 0.05) is 26.2 Å². The number of piperazine rings is 1. The Morgan fingerprint density at radius 3 is 2.19 bits per heavy atom. The molecule has 27 heavy (non-hydrogen) atoms. The van der Waals surface area contributed by atoms with Gasteiger partial charge in [-0.2, -0.15) is 0 Å². The summed E-state index contributed by atoms with van der Waals surface area (Å²) in [5.41, 5.74) is 5.11. The van der Waals surface area contributed by atoms with Gasteiger partial charge in [0.1, 0.15) is 5.75 Å². The van der Waals surface area contributed by atoms with E-state index in [2.05, 4.69) is 83.0 Å². The quantitative estimate of drug-likeness (QED) is 0.733. The molecule has 1 aliphatic heterocycles. The Morgan fingerprint density at radius 2 is 1.48 bits per heavy atom. The van der Waals surface area contributed by atoms with Gasteiger partial charge in [0.15, 0.2) is 0 Å². The van der Waals surface area contributed by atoms with Crippen LogP contribution in [0.25, 0.3) is 11.1 Å². The maximum absolute atomic E-state index is 5.47. The summed E-state index contributed by atoms with van der Waals surface area (Å²) in [5.74, 6) is 0.911. The molecule has 1 fully saturated rings. The van der Waals surface area contributed by atoms with E-state index in [9.17, 15) is 0 Å². The SMILES string of the molecule is COc1cccc(C(c2ccc(-c3ccccc3)cc2)N2CCNCC2)c1. The molecular weight excluding hydrogens is 332 g/mol. The molecule has 0 saturated carbocycles. The first-order valence-corrected chi connectivity index (χ1v) is 9.59. The van der Waals surface area contributed by atoms with Crippen LogP contribution in [0.15, 0.2) is 78.9 Å². The van der Waals surface area contributed by atoms with Crippen LogP contribution >= 0.6 is 0 Å². The third kappa shape index (κ3) is 4.05. The Labute approximate surface area is 161 Å². The first kappa shape index (κ1) is 17.8. The third-order valence-electron chi connectivity index (χ3n) is 5.26. The molecule has 1 atom stereocenters. The van der Waals surface area contributed by atoms with Crippen LogP contribution in [0.1, 0.15) is 17.2 Å². The van der Waals surface area contributed by atoms with Crippen molar-refractivity contribution in [2.45, 2.75) is 6.04 Å². The van der Waals surface area contributed by atoms with E-state index in [-0.39, 0.29) is 6.04 Å². The largest absolute Gasteiger partial charge is 0.497 e. The van der Waals surface area contributed by atoms with Crippen molar-refractivity contribution in [1.82, 2.24) is 10.2 Å². The molecule has 0 aliphatic carbocycles. The second-order valence-corrected chi connectivity index (χ2v) is 6.95. The zero-order valence-electron chi connectivity index (χ0n) is 15.8. The van der Waals surface area contributed by atoms with E-state index in [1.807, 2.05) is 6.07 Å². The normalized spacial score (nSPS) is 16.0. The van der Waals surface area contributed by atoms with Gasteiger partial charge in [0.2, 0.25) is 0 Å². The Balaban J connectivity index is 1.69. The number of methoxy groups -OCH3 is 1. The molecule has 1 unspecified atom stereocenters. The highest BCUT2D eigenvalue weighted by atomic mass is 16.5. The number of rotatable bonds is 5. The van der Waals surface area contributed by atoms with Gasteiger partial charge in [-0.1, -0.05) is 66.7 Å². The summed E-state index contributed by atoms with van der Waals surface area (Å²) in [6.07, 6.45) is 0. The van der Waals surface area contributed by atoms with Crippen LogP contribution in [0.2, 0.25) is 0 Å². The molecule has 0 bridgehead atoms. The van der Waals surface area contributed by atoms with E-state index < -0.39 is 0 Å². The fourth-order valence-electron chi connectivity index (χ4n) is 3.85. The number of hydrogen-bond donors (Lipinski definition) is 1. The van der Waals surface area contributed by atoms with E-state index in [1.54, 1.807) is 7.11 Å². The number of ether oxygens (including phenoxy) is 1. The van der Waals surface area contributed by atoms with Crippen molar-refractivity contribution in [1.29, 1.82) is 0 Å². The smallest absolute Gasteiger partial charge is 0.119 e. The standard InChI is InChI=1S/C24H26N2O/c1-27-23-9-5-8-22(18-23)24(26-16-14-25-15-17-26)21-12-10-20(11-13-21)19-6-3-2-4-7-19/h2-13,18,24-25H,14-17H2,1H3. The van der Waals surface area contributed by atoms with E-state index in [4.69, 9.17) is 4.74 Å². The molecule has 3 nitrogen and oxygen atoms in total. The highest BCUT2D eigenvalue weighted by Gasteiger charge is 2.24. The maximum atomic E-state index is 5.47. The summed E-state index contributed by atoms with van der Waals surface area (Å²) >= 11 is 0. The fourth-order valence-corrected chi connectivity index (χ4v) is 3.85. The van der Waals surface area contributed by atoms with Crippen LogP contribution in [-0.4, -0.2) is 38.2 Å². The monoisotopic (exact) mass is 358 g/mol. The van der Waals surface area contributed by atoms with Gasteiger partial charge in [0.25, 0.3) is 0 Å². The first-order chi connectivity index (χ1) is 13.3. The lowest BCUT2D eigenvalue weighted by molar-refractivity contribution is 0.198. The molecule has 3 aromatic carbocycles. The van der Waals surface area contributed by atoms with E-state index in [1.165, 1.54) is 22.3 Å². The number of nitrogens with one attached hydrogen (secondary N) is 1. The predicted molar refractivity (Wildman–Crippen MR) is 111 cm³/mol. The Kier molecular flexibility index (Phi) is 5.52.